The molecule has 1 atom stereocenters. The molecule has 2 rings (SSSR count). The van der Waals surface area contributed by atoms with Crippen molar-refractivity contribution >= 4 is 24.0 Å². The topological polar surface area (TPSA) is 59.6 Å². The highest BCUT2D eigenvalue weighted by atomic mass is 35.5. The summed E-state index contributed by atoms with van der Waals surface area (Å²) in [6.07, 6.45) is 0.423. The first-order valence-electron chi connectivity index (χ1n) is 7.03. The summed E-state index contributed by atoms with van der Waals surface area (Å²) < 4.78 is 10.8. The average molecular weight is 315 g/mol. The quantitative estimate of drug-likeness (QED) is 0.874. The lowest BCUT2D eigenvalue weighted by Gasteiger charge is -2.23. The molecule has 0 spiro atoms. The predicted molar refractivity (Wildman–Crippen MR) is 85.5 cm³/mol. The highest BCUT2D eigenvalue weighted by molar-refractivity contribution is 5.92. The van der Waals surface area contributed by atoms with Gasteiger partial charge in [0, 0.05) is 24.7 Å². The third-order valence-electron chi connectivity index (χ3n) is 3.21. The SMILES string of the molecule is CCOc1ccc(NC(=O)CC2COCCN2)c(C)c1.Cl. The Hall–Kier alpha value is -1.30. The van der Waals surface area contributed by atoms with E-state index in [9.17, 15) is 4.79 Å². The number of rotatable bonds is 5. The molecule has 0 saturated carbocycles. The molecule has 1 saturated heterocycles. The van der Waals surface area contributed by atoms with E-state index in [-0.39, 0.29) is 24.4 Å². The second kappa shape index (κ2) is 8.87. The fourth-order valence-corrected chi connectivity index (χ4v) is 2.21. The summed E-state index contributed by atoms with van der Waals surface area (Å²) in [6.45, 7) is 6.66. The predicted octanol–water partition coefficient (Wildman–Crippen LogP) is 2.13. The molecule has 1 aliphatic heterocycles. The molecule has 6 heteroatoms. The lowest BCUT2D eigenvalue weighted by Crippen LogP contribution is -2.43. The number of hydrogen-bond donors (Lipinski definition) is 2. The molecule has 1 aromatic rings. The van der Waals surface area contributed by atoms with Crippen LogP contribution in [0.15, 0.2) is 18.2 Å². The van der Waals surface area contributed by atoms with Crippen LogP contribution in [-0.4, -0.2) is 38.3 Å². The molecule has 1 aliphatic rings. The molecule has 0 aromatic heterocycles. The molecule has 0 aliphatic carbocycles. The maximum Gasteiger partial charge on any atom is 0.226 e. The summed E-state index contributed by atoms with van der Waals surface area (Å²) in [5.41, 5.74) is 1.83. The van der Waals surface area contributed by atoms with Crippen molar-refractivity contribution in [3.05, 3.63) is 23.8 Å². The Kier molecular flexibility index (Phi) is 7.50. The normalized spacial score (nSPS) is 17.7. The minimum absolute atomic E-state index is 0. The van der Waals surface area contributed by atoms with E-state index in [0.29, 0.717) is 19.6 Å². The Balaban J connectivity index is 0.00000220. The minimum Gasteiger partial charge on any atom is -0.494 e. The number of hydrogen-bond acceptors (Lipinski definition) is 4. The maximum atomic E-state index is 12.0. The smallest absolute Gasteiger partial charge is 0.226 e. The molecule has 118 valence electrons. The van der Waals surface area contributed by atoms with Gasteiger partial charge in [0.15, 0.2) is 0 Å². The molecular formula is C15H23ClN2O3. The fraction of sp³-hybridized carbons (Fsp3) is 0.533. The number of halogens is 1. The first-order valence-corrected chi connectivity index (χ1v) is 7.03. The van der Waals surface area contributed by atoms with Crippen LogP contribution in [0, 0.1) is 6.92 Å². The number of morpholine rings is 1. The van der Waals surface area contributed by atoms with Gasteiger partial charge in [-0.2, -0.15) is 0 Å². The summed E-state index contributed by atoms with van der Waals surface area (Å²) in [5.74, 6) is 0.825. The van der Waals surface area contributed by atoms with Gasteiger partial charge in [0.2, 0.25) is 5.91 Å². The Morgan fingerprint density at radius 2 is 2.33 bits per heavy atom. The first-order chi connectivity index (χ1) is 9.69. The van der Waals surface area contributed by atoms with Gasteiger partial charge in [-0.25, -0.2) is 0 Å². The van der Waals surface area contributed by atoms with Crippen molar-refractivity contribution in [1.29, 1.82) is 0 Å². The monoisotopic (exact) mass is 314 g/mol. The minimum atomic E-state index is 0. The molecule has 1 aromatic carbocycles. The van der Waals surface area contributed by atoms with E-state index in [1.165, 1.54) is 0 Å². The van der Waals surface area contributed by atoms with Crippen molar-refractivity contribution in [3.63, 3.8) is 0 Å². The number of carbonyl (C=O) groups excluding carboxylic acids is 1. The average Bonchev–Trinajstić information content (AvgIpc) is 2.43. The second-order valence-electron chi connectivity index (χ2n) is 4.89. The van der Waals surface area contributed by atoms with Crippen molar-refractivity contribution in [2.45, 2.75) is 26.3 Å². The van der Waals surface area contributed by atoms with Crippen LogP contribution in [0.1, 0.15) is 18.9 Å². The molecule has 21 heavy (non-hydrogen) atoms. The molecular weight excluding hydrogens is 292 g/mol. The highest BCUT2D eigenvalue weighted by Crippen LogP contribution is 2.21. The first kappa shape index (κ1) is 17.8. The Morgan fingerprint density at radius 1 is 1.52 bits per heavy atom. The zero-order chi connectivity index (χ0) is 14.4. The van der Waals surface area contributed by atoms with Gasteiger partial charge < -0.3 is 20.1 Å². The van der Waals surface area contributed by atoms with Crippen LogP contribution in [0.3, 0.4) is 0 Å². The van der Waals surface area contributed by atoms with E-state index in [1.807, 2.05) is 32.0 Å². The van der Waals surface area contributed by atoms with Gasteiger partial charge in [-0.1, -0.05) is 0 Å². The van der Waals surface area contributed by atoms with Gasteiger partial charge in [-0.3, -0.25) is 4.79 Å². The van der Waals surface area contributed by atoms with E-state index in [4.69, 9.17) is 9.47 Å². The number of anilines is 1. The van der Waals surface area contributed by atoms with Crippen LogP contribution in [0.25, 0.3) is 0 Å². The summed E-state index contributed by atoms with van der Waals surface area (Å²) in [5, 5.41) is 6.21. The summed E-state index contributed by atoms with van der Waals surface area (Å²) >= 11 is 0. The molecule has 2 N–H and O–H groups in total. The van der Waals surface area contributed by atoms with Gasteiger partial charge in [0.1, 0.15) is 5.75 Å². The van der Waals surface area contributed by atoms with E-state index < -0.39 is 0 Å². The molecule has 0 radical (unpaired) electrons. The molecule has 1 unspecified atom stereocenters. The Bertz CT molecular complexity index is 462. The van der Waals surface area contributed by atoms with Crippen molar-refractivity contribution in [1.82, 2.24) is 5.32 Å². The van der Waals surface area contributed by atoms with Crippen LogP contribution in [0.5, 0.6) is 5.75 Å². The van der Waals surface area contributed by atoms with Gasteiger partial charge in [-0.05, 0) is 37.6 Å². The lowest BCUT2D eigenvalue weighted by molar-refractivity contribution is -0.117. The van der Waals surface area contributed by atoms with Crippen LogP contribution in [-0.2, 0) is 9.53 Å². The van der Waals surface area contributed by atoms with Crippen LogP contribution < -0.4 is 15.4 Å². The van der Waals surface area contributed by atoms with Gasteiger partial charge in [0.05, 0.1) is 19.8 Å². The molecule has 0 bridgehead atoms. The highest BCUT2D eigenvalue weighted by Gasteiger charge is 2.17. The third kappa shape index (κ3) is 5.53. The Morgan fingerprint density at radius 3 is 2.95 bits per heavy atom. The van der Waals surface area contributed by atoms with Gasteiger partial charge in [0.25, 0.3) is 0 Å². The number of nitrogens with one attached hydrogen (secondary N) is 2. The van der Waals surface area contributed by atoms with Crippen molar-refractivity contribution in [2.75, 3.05) is 31.7 Å². The van der Waals surface area contributed by atoms with Crippen LogP contribution >= 0.6 is 12.4 Å². The summed E-state index contributed by atoms with van der Waals surface area (Å²) in [7, 11) is 0. The lowest BCUT2D eigenvalue weighted by atomic mass is 10.1. The standard InChI is InChI=1S/C15H22N2O3.ClH/c1-3-20-13-4-5-14(11(2)8-13)17-15(18)9-12-10-19-7-6-16-12;/h4-5,8,12,16H,3,6-7,9-10H2,1-2H3,(H,17,18);1H. The van der Waals surface area contributed by atoms with E-state index in [2.05, 4.69) is 10.6 Å². The fourth-order valence-electron chi connectivity index (χ4n) is 2.21. The number of ether oxygens (including phenoxy) is 2. The zero-order valence-electron chi connectivity index (χ0n) is 12.5. The maximum absolute atomic E-state index is 12.0. The molecule has 1 fully saturated rings. The third-order valence-corrected chi connectivity index (χ3v) is 3.21. The van der Waals surface area contributed by atoms with E-state index in [0.717, 1.165) is 30.2 Å². The van der Waals surface area contributed by atoms with E-state index >= 15 is 0 Å². The van der Waals surface area contributed by atoms with Gasteiger partial charge >= 0.3 is 0 Å². The number of benzene rings is 1. The summed E-state index contributed by atoms with van der Waals surface area (Å²) in [6, 6.07) is 5.78. The Labute approximate surface area is 131 Å². The number of amides is 1. The van der Waals surface area contributed by atoms with Crippen LogP contribution in [0.2, 0.25) is 0 Å². The number of aryl methyl sites for hydroxylation is 1. The molecule has 1 heterocycles. The van der Waals surface area contributed by atoms with E-state index in [1.54, 1.807) is 0 Å². The number of carbonyl (C=O) groups is 1. The zero-order valence-corrected chi connectivity index (χ0v) is 13.3. The van der Waals surface area contributed by atoms with Gasteiger partial charge in [-0.15, -0.1) is 12.4 Å². The summed E-state index contributed by atoms with van der Waals surface area (Å²) in [4.78, 5) is 12.0. The van der Waals surface area contributed by atoms with Crippen molar-refractivity contribution in [3.8, 4) is 5.75 Å². The van der Waals surface area contributed by atoms with Crippen molar-refractivity contribution < 1.29 is 14.3 Å². The van der Waals surface area contributed by atoms with Crippen LogP contribution in [0.4, 0.5) is 5.69 Å². The molecule has 1 amide bonds. The molecule has 5 nitrogen and oxygen atoms in total. The largest absolute Gasteiger partial charge is 0.494 e. The second-order valence-corrected chi connectivity index (χ2v) is 4.89. The van der Waals surface area contributed by atoms with Crippen molar-refractivity contribution in [2.24, 2.45) is 0 Å².